The number of hydrogen-bond acceptors (Lipinski definition) is 3. The molecule has 0 atom stereocenters. The second-order valence-electron chi connectivity index (χ2n) is 8.31. The first-order chi connectivity index (χ1) is 13.8. The second-order valence-corrected chi connectivity index (χ2v) is 8.31. The summed E-state index contributed by atoms with van der Waals surface area (Å²) in [5, 5.41) is 0. The van der Waals surface area contributed by atoms with Crippen LogP contribution in [0.3, 0.4) is 0 Å². The van der Waals surface area contributed by atoms with E-state index in [4.69, 9.17) is 9.47 Å². The van der Waals surface area contributed by atoms with E-state index in [1.54, 1.807) is 0 Å². The van der Waals surface area contributed by atoms with Crippen LogP contribution in [-0.2, 0) is 9.47 Å². The molecule has 0 heterocycles. The number of ether oxygens (including phenoxy) is 2. The largest absolute Gasteiger partial charge is 0.508 e. The summed E-state index contributed by atoms with van der Waals surface area (Å²) in [6, 6.07) is 0. The highest BCUT2D eigenvalue weighted by atomic mass is 16.7. The first kappa shape index (κ1) is 27.3. The van der Waals surface area contributed by atoms with Crippen LogP contribution in [-0.4, -0.2) is 19.4 Å². The molecule has 3 nitrogen and oxygen atoms in total. The van der Waals surface area contributed by atoms with Crippen molar-refractivity contribution in [1.29, 1.82) is 0 Å². The zero-order chi connectivity index (χ0) is 20.5. The molecule has 0 saturated heterocycles. The molecular formula is C25H50O3. The maximum atomic E-state index is 11.5. The van der Waals surface area contributed by atoms with E-state index in [1.165, 1.54) is 103 Å². The molecule has 0 saturated carbocycles. The van der Waals surface area contributed by atoms with Crippen molar-refractivity contribution in [2.45, 2.75) is 142 Å². The molecule has 0 radical (unpaired) electrons. The summed E-state index contributed by atoms with van der Waals surface area (Å²) in [7, 11) is 0. The molecule has 0 spiro atoms. The monoisotopic (exact) mass is 398 g/mol. The van der Waals surface area contributed by atoms with Crippen LogP contribution in [0.1, 0.15) is 142 Å². The van der Waals surface area contributed by atoms with Crippen LogP contribution >= 0.6 is 0 Å². The van der Waals surface area contributed by atoms with Crippen LogP contribution in [0.25, 0.3) is 0 Å². The van der Waals surface area contributed by atoms with Gasteiger partial charge in [-0.25, -0.2) is 4.79 Å². The molecule has 0 rings (SSSR count). The van der Waals surface area contributed by atoms with Gasteiger partial charge in [-0.15, -0.1) is 0 Å². The summed E-state index contributed by atoms with van der Waals surface area (Å²) in [6.45, 7) is 5.53. The number of hydrogen-bond donors (Lipinski definition) is 0. The first-order valence-electron chi connectivity index (χ1n) is 12.6. The molecule has 0 aliphatic heterocycles. The minimum atomic E-state index is -0.481. The predicted octanol–water partition coefficient (Wildman–Crippen LogP) is 8.98. The summed E-state index contributed by atoms with van der Waals surface area (Å²) in [5.41, 5.74) is 0. The summed E-state index contributed by atoms with van der Waals surface area (Å²) in [4.78, 5) is 11.5. The summed E-state index contributed by atoms with van der Waals surface area (Å²) < 4.78 is 10.3. The van der Waals surface area contributed by atoms with E-state index in [9.17, 15) is 4.79 Å². The molecule has 0 aromatic rings. The molecule has 0 fully saturated rings. The number of unbranched alkanes of at least 4 members (excludes halogenated alkanes) is 18. The third-order valence-corrected chi connectivity index (χ3v) is 5.44. The van der Waals surface area contributed by atoms with Gasteiger partial charge in [-0.1, -0.05) is 129 Å². The third-order valence-electron chi connectivity index (χ3n) is 5.44. The summed E-state index contributed by atoms with van der Waals surface area (Å²) >= 11 is 0. The zero-order valence-corrected chi connectivity index (χ0v) is 19.3. The minimum absolute atomic E-state index is 0.481. The van der Waals surface area contributed by atoms with E-state index >= 15 is 0 Å². The van der Waals surface area contributed by atoms with E-state index in [0.29, 0.717) is 13.2 Å². The van der Waals surface area contributed by atoms with Crippen molar-refractivity contribution in [3.8, 4) is 0 Å². The molecule has 0 aromatic carbocycles. The Morgan fingerprint density at radius 2 is 0.679 bits per heavy atom. The molecule has 0 aliphatic rings. The summed E-state index contributed by atoms with van der Waals surface area (Å²) in [5.74, 6) is 0. The highest BCUT2D eigenvalue weighted by molar-refractivity contribution is 5.59. The van der Waals surface area contributed by atoms with Gasteiger partial charge < -0.3 is 9.47 Å². The Balaban J connectivity index is 3.13. The van der Waals surface area contributed by atoms with Crippen molar-refractivity contribution in [2.24, 2.45) is 0 Å². The van der Waals surface area contributed by atoms with Gasteiger partial charge in [0.25, 0.3) is 0 Å². The lowest BCUT2D eigenvalue weighted by Gasteiger charge is -2.06. The van der Waals surface area contributed by atoms with E-state index in [0.717, 1.165) is 25.7 Å². The number of carbonyl (C=O) groups is 1. The van der Waals surface area contributed by atoms with Crippen molar-refractivity contribution in [3.05, 3.63) is 0 Å². The van der Waals surface area contributed by atoms with E-state index < -0.39 is 6.16 Å². The fraction of sp³-hybridized carbons (Fsp3) is 0.960. The average molecular weight is 399 g/mol. The SMILES string of the molecule is CCCCCCCCCCCCCCOC(=O)OCCCCCCCCCC. The third kappa shape index (κ3) is 23.3. The molecule has 0 N–H and O–H groups in total. The molecule has 28 heavy (non-hydrogen) atoms. The molecule has 0 unspecified atom stereocenters. The second kappa shape index (κ2) is 24.3. The average Bonchev–Trinajstić information content (AvgIpc) is 2.70. The van der Waals surface area contributed by atoms with Crippen molar-refractivity contribution in [1.82, 2.24) is 0 Å². The van der Waals surface area contributed by atoms with Gasteiger partial charge in [0.1, 0.15) is 0 Å². The van der Waals surface area contributed by atoms with Crippen molar-refractivity contribution in [3.63, 3.8) is 0 Å². The van der Waals surface area contributed by atoms with E-state index in [1.807, 2.05) is 0 Å². The molecule has 0 bridgehead atoms. The zero-order valence-electron chi connectivity index (χ0n) is 19.3. The molecular weight excluding hydrogens is 348 g/mol. The quantitative estimate of drug-likeness (QED) is 0.135. The molecule has 0 amide bonds. The van der Waals surface area contributed by atoms with Gasteiger partial charge in [0.2, 0.25) is 0 Å². The lowest BCUT2D eigenvalue weighted by Crippen LogP contribution is -2.09. The first-order valence-corrected chi connectivity index (χ1v) is 12.6. The van der Waals surface area contributed by atoms with Crippen LogP contribution in [0.15, 0.2) is 0 Å². The van der Waals surface area contributed by atoms with E-state index in [-0.39, 0.29) is 0 Å². The normalized spacial score (nSPS) is 10.9. The minimum Gasteiger partial charge on any atom is -0.434 e. The Kier molecular flexibility index (Phi) is 23.7. The van der Waals surface area contributed by atoms with Gasteiger partial charge in [-0.3, -0.25) is 0 Å². The fourth-order valence-electron chi connectivity index (χ4n) is 3.53. The lowest BCUT2D eigenvalue weighted by atomic mass is 10.1. The smallest absolute Gasteiger partial charge is 0.434 e. The highest BCUT2D eigenvalue weighted by Crippen LogP contribution is 2.12. The van der Waals surface area contributed by atoms with Gasteiger partial charge in [-0.05, 0) is 12.8 Å². The Labute approximate surface area is 176 Å². The van der Waals surface area contributed by atoms with E-state index in [2.05, 4.69) is 13.8 Å². The Morgan fingerprint density at radius 3 is 0.964 bits per heavy atom. The standard InChI is InChI=1S/C25H50O3/c1-3-5-7-9-11-13-14-15-16-18-20-22-24-28-25(26)27-23-21-19-17-12-10-8-6-4-2/h3-24H2,1-2H3. The van der Waals surface area contributed by atoms with Crippen LogP contribution in [0.4, 0.5) is 4.79 Å². The predicted molar refractivity (Wildman–Crippen MR) is 121 cm³/mol. The van der Waals surface area contributed by atoms with Crippen LogP contribution in [0.2, 0.25) is 0 Å². The van der Waals surface area contributed by atoms with Gasteiger partial charge in [-0.2, -0.15) is 0 Å². The van der Waals surface area contributed by atoms with Crippen molar-refractivity contribution < 1.29 is 14.3 Å². The maximum Gasteiger partial charge on any atom is 0.508 e. The number of rotatable bonds is 22. The van der Waals surface area contributed by atoms with Crippen molar-refractivity contribution >= 4 is 6.16 Å². The Hall–Kier alpha value is -0.730. The highest BCUT2D eigenvalue weighted by Gasteiger charge is 2.03. The number of carbonyl (C=O) groups excluding carboxylic acids is 1. The Morgan fingerprint density at radius 1 is 0.429 bits per heavy atom. The van der Waals surface area contributed by atoms with Crippen LogP contribution in [0, 0.1) is 0 Å². The van der Waals surface area contributed by atoms with Crippen LogP contribution < -0.4 is 0 Å². The maximum absolute atomic E-state index is 11.5. The van der Waals surface area contributed by atoms with Gasteiger partial charge in [0.15, 0.2) is 0 Å². The lowest BCUT2D eigenvalue weighted by molar-refractivity contribution is 0.0529. The Bertz CT molecular complexity index is 304. The van der Waals surface area contributed by atoms with Crippen molar-refractivity contribution in [2.75, 3.05) is 13.2 Å². The molecule has 3 heteroatoms. The van der Waals surface area contributed by atoms with Crippen LogP contribution in [0.5, 0.6) is 0 Å². The van der Waals surface area contributed by atoms with Gasteiger partial charge in [0.05, 0.1) is 13.2 Å². The van der Waals surface area contributed by atoms with Gasteiger partial charge >= 0.3 is 6.16 Å². The molecule has 0 aromatic heterocycles. The molecule has 0 aliphatic carbocycles. The fourth-order valence-corrected chi connectivity index (χ4v) is 3.53. The molecule has 168 valence electrons. The topological polar surface area (TPSA) is 35.5 Å². The summed E-state index contributed by atoms with van der Waals surface area (Å²) in [6.07, 6.45) is 25.4. The van der Waals surface area contributed by atoms with Gasteiger partial charge in [0, 0.05) is 0 Å².